The first-order chi connectivity index (χ1) is 10.7. The van der Waals surface area contributed by atoms with E-state index in [1.54, 1.807) is 0 Å². The molecule has 0 bridgehead atoms. The fraction of sp³-hybridized carbons (Fsp3) is 0.833. The molecule has 144 valence electrons. The van der Waals surface area contributed by atoms with Gasteiger partial charge in [-0.2, -0.15) is 0 Å². The van der Waals surface area contributed by atoms with Crippen molar-refractivity contribution in [2.24, 2.45) is 0 Å². The topological polar surface area (TPSA) is 242 Å². The number of rotatable bonds is 8. The van der Waals surface area contributed by atoms with Gasteiger partial charge in [0.1, 0.15) is 36.6 Å². The molecule has 8 unspecified atom stereocenters. The summed E-state index contributed by atoms with van der Waals surface area (Å²) in [5.74, 6) is -3.80. The molecule has 0 aromatic heterocycles. The zero-order valence-electron chi connectivity index (χ0n) is 13.5. The third-order valence-corrected chi connectivity index (χ3v) is 2.82. The summed E-state index contributed by atoms with van der Waals surface area (Å²) in [6.45, 7) is 2.30. The first-order valence-electron chi connectivity index (χ1n) is 6.61. The minimum Gasteiger partial charge on any atom is -0.547 e. The summed E-state index contributed by atoms with van der Waals surface area (Å²) in [5.41, 5.74) is 0. The molecule has 0 fully saturated rings. The van der Waals surface area contributed by atoms with Crippen molar-refractivity contribution in [3.05, 3.63) is 0 Å². The first kappa shape index (κ1) is 29.9. The molecule has 0 spiro atoms. The Labute approximate surface area is 183 Å². The second-order valence-electron chi connectivity index (χ2n) is 4.97. The van der Waals surface area contributed by atoms with E-state index >= 15 is 0 Å². The largest absolute Gasteiger partial charge is 2.00 e. The van der Waals surface area contributed by atoms with Gasteiger partial charge in [0, 0.05) is 0 Å². The number of carbonyl (C=O) groups is 2. The maximum absolute atomic E-state index is 9.95. The number of carboxylic acids is 2. The average molecular weight is 496 g/mol. The maximum Gasteiger partial charge on any atom is 2.00 e. The summed E-state index contributed by atoms with van der Waals surface area (Å²) < 4.78 is 0. The van der Waals surface area contributed by atoms with E-state index in [0.717, 1.165) is 13.8 Å². The van der Waals surface area contributed by atoms with Gasteiger partial charge in [0.05, 0.1) is 24.1 Å². The molecule has 0 radical (unpaired) electrons. The fourth-order valence-corrected chi connectivity index (χ4v) is 1.22. The molecule has 0 aromatic carbocycles. The van der Waals surface area contributed by atoms with Crippen LogP contribution in [0.3, 0.4) is 0 Å². The van der Waals surface area contributed by atoms with Crippen LogP contribution < -0.4 is 10.2 Å². The average Bonchev–Trinajstić information content (AvgIpc) is 2.50. The molecule has 0 aromatic rings. The molecule has 0 saturated carbocycles. The normalized spacial score (nSPS) is 20.2. The molecule has 0 aliphatic rings. The van der Waals surface area contributed by atoms with Crippen molar-refractivity contribution in [3.8, 4) is 0 Å². The van der Waals surface area contributed by atoms with Gasteiger partial charge in [-0.25, -0.2) is 0 Å². The van der Waals surface area contributed by atoms with Crippen LogP contribution in [0.25, 0.3) is 0 Å². The van der Waals surface area contributed by atoms with Gasteiger partial charge in [0.15, 0.2) is 0 Å². The summed E-state index contributed by atoms with van der Waals surface area (Å²) in [6.07, 6.45) is -14.4. The van der Waals surface area contributed by atoms with Crippen LogP contribution in [0, 0.1) is 0 Å². The van der Waals surface area contributed by atoms with Crippen molar-refractivity contribution in [1.82, 2.24) is 0 Å². The van der Waals surface area contributed by atoms with E-state index < -0.39 is 60.8 Å². The molecule has 8 N–H and O–H groups in total. The monoisotopic (exact) mass is 496 g/mol. The second kappa shape index (κ2) is 14.3. The minimum absolute atomic E-state index is 0. The Kier molecular flexibility index (Phi) is 17.1. The number of carboxylic acid groups (broad SMARTS) is 2. The fourth-order valence-electron chi connectivity index (χ4n) is 1.22. The van der Waals surface area contributed by atoms with Crippen LogP contribution in [-0.4, -0.2) is 151 Å². The van der Waals surface area contributed by atoms with Crippen LogP contribution >= 0.6 is 0 Å². The van der Waals surface area contributed by atoms with Crippen molar-refractivity contribution < 1.29 is 60.7 Å². The minimum atomic E-state index is -2.20. The molecule has 0 amide bonds. The number of carbonyl (C=O) groups excluding carboxylic acids is 2. The summed E-state index contributed by atoms with van der Waals surface area (Å²) in [5, 5.41) is 90.0. The van der Waals surface area contributed by atoms with Gasteiger partial charge in [0.2, 0.25) is 0 Å². The summed E-state index contributed by atoms with van der Waals surface area (Å²) in [7, 11) is 0. The summed E-state index contributed by atoms with van der Waals surface area (Å²) in [4.78, 5) is 19.9. The molecular formula is C12H22BaO12. The molecule has 0 heterocycles. The number of aliphatic carboxylic acids is 2. The number of aliphatic hydroxyl groups excluding tert-OH is 8. The molecule has 13 heteroatoms. The zero-order valence-corrected chi connectivity index (χ0v) is 18.0. The Bertz CT molecular complexity index is 354. The Morgan fingerprint density at radius 2 is 0.800 bits per heavy atom. The number of hydrogen-bond acceptors (Lipinski definition) is 12. The molecule has 0 rings (SSSR count). The van der Waals surface area contributed by atoms with Gasteiger partial charge < -0.3 is 60.7 Å². The van der Waals surface area contributed by atoms with Gasteiger partial charge in [-0.1, -0.05) is 0 Å². The summed E-state index contributed by atoms with van der Waals surface area (Å²) in [6, 6.07) is 0. The van der Waals surface area contributed by atoms with Gasteiger partial charge in [-0.3, -0.25) is 0 Å². The maximum atomic E-state index is 9.95. The van der Waals surface area contributed by atoms with E-state index in [1.165, 1.54) is 0 Å². The predicted octanol–water partition coefficient (Wildman–Crippen LogP) is -7.98. The standard InChI is InChI=1S/2C6H12O6.Ba/c2*1-2(7)3(8)4(9)5(10)6(11)12;/h2*2-5,7-10H,1H3,(H,11,12);/q;;+2/p-2. The predicted molar refractivity (Wildman–Crippen MR) is 75.2 cm³/mol. The van der Waals surface area contributed by atoms with Gasteiger partial charge >= 0.3 is 48.9 Å². The summed E-state index contributed by atoms with van der Waals surface area (Å²) >= 11 is 0. The molecule has 8 atom stereocenters. The van der Waals surface area contributed by atoms with Gasteiger partial charge in [0.25, 0.3) is 0 Å². The Balaban J connectivity index is -0.000000372. The number of aliphatic hydroxyl groups is 8. The Morgan fingerprint density at radius 3 is 0.920 bits per heavy atom. The van der Waals surface area contributed by atoms with Crippen molar-refractivity contribution in [2.45, 2.75) is 62.7 Å². The smallest absolute Gasteiger partial charge is 0.547 e. The van der Waals surface area contributed by atoms with Crippen molar-refractivity contribution in [1.29, 1.82) is 0 Å². The zero-order chi connectivity index (χ0) is 19.8. The van der Waals surface area contributed by atoms with Crippen LogP contribution in [-0.2, 0) is 9.59 Å². The number of hydrogen-bond donors (Lipinski definition) is 8. The molecule has 0 saturated heterocycles. The van der Waals surface area contributed by atoms with E-state index in [9.17, 15) is 19.8 Å². The second-order valence-corrected chi connectivity index (χ2v) is 4.97. The van der Waals surface area contributed by atoms with E-state index in [0.29, 0.717) is 0 Å². The van der Waals surface area contributed by atoms with Crippen LogP contribution in [0.1, 0.15) is 13.8 Å². The third-order valence-electron chi connectivity index (χ3n) is 2.82. The quantitative estimate of drug-likeness (QED) is 0.146. The van der Waals surface area contributed by atoms with Crippen molar-refractivity contribution in [3.63, 3.8) is 0 Å². The third kappa shape index (κ3) is 11.5. The van der Waals surface area contributed by atoms with Crippen LogP contribution in [0.15, 0.2) is 0 Å². The van der Waals surface area contributed by atoms with E-state index in [4.69, 9.17) is 40.9 Å². The van der Waals surface area contributed by atoms with Crippen molar-refractivity contribution >= 4 is 60.8 Å². The molecular weight excluding hydrogens is 473 g/mol. The molecule has 0 aliphatic carbocycles. The van der Waals surface area contributed by atoms with Gasteiger partial charge in [-0.05, 0) is 13.8 Å². The SMILES string of the molecule is CC(O)C(O)C(O)C(O)C(=O)[O-].CC(O)C(O)C(O)C(O)C(=O)[O-].[Ba+2]. The molecule has 12 nitrogen and oxygen atoms in total. The molecule has 0 aliphatic heterocycles. The first-order valence-corrected chi connectivity index (χ1v) is 6.61. The van der Waals surface area contributed by atoms with E-state index in [-0.39, 0.29) is 48.9 Å². The Morgan fingerprint density at radius 1 is 0.600 bits per heavy atom. The molecule has 25 heavy (non-hydrogen) atoms. The van der Waals surface area contributed by atoms with Crippen LogP contribution in [0.4, 0.5) is 0 Å². The Hall–Kier alpha value is 0.191. The van der Waals surface area contributed by atoms with Crippen molar-refractivity contribution in [2.75, 3.05) is 0 Å². The van der Waals surface area contributed by atoms with Crippen LogP contribution in [0.2, 0.25) is 0 Å². The van der Waals surface area contributed by atoms with Gasteiger partial charge in [-0.15, -0.1) is 0 Å². The van der Waals surface area contributed by atoms with E-state index in [1.807, 2.05) is 0 Å². The van der Waals surface area contributed by atoms with E-state index in [2.05, 4.69) is 0 Å². The van der Waals surface area contributed by atoms with Crippen LogP contribution in [0.5, 0.6) is 0 Å².